The Kier molecular flexibility index (Phi) is 7.40. The Morgan fingerprint density at radius 3 is 2.60 bits per heavy atom. The van der Waals surface area contributed by atoms with Crippen LogP contribution in [-0.4, -0.2) is 41.4 Å². The molecule has 5 heteroatoms. The first kappa shape index (κ1) is 15.1. The van der Waals surface area contributed by atoms with Gasteiger partial charge in [-0.2, -0.15) is 11.8 Å². The second-order valence-corrected chi connectivity index (χ2v) is 5.16. The zero-order valence-electron chi connectivity index (χ0n) is 9.44. The number of hydrogen-bond donors (Lipinski definition) is 1. The maximum atomic E-state index is 11.9. The minimum absolute atomic E-state index is 0. The number of thioether (sulfide) groups is 1. The van der Waals surface area contributed by atoms with Crippen LogP contribution in [0.3, 0.4) is 0 Å². The third-order valence-electron chi connectivity index (χ3n) is 2.71. The third-order valence-corrected chi connectivity index (χ3v) is 3.76. The summed E-state index contributed by atoms with van der Waals surface area (Å²) in [6.45, 7) is 5.61. The Hall–Kier alpha value is 0.0700. The lowest BCUT2D eigenvalue weighted by molar-refractivity contribution is -0.135. The molecule has 2 unspecified atom stereocenters. The number of carbonyl (C=O) groups excluding carboxylic acids is 1. The minimum atomic E-state index is -0.0434. The third kappa shape index (κ3) is 4.62. The average molecular weight is 253 g/mol. The van der Waals surface area contributed by atoms with E-state index >= 15 is 0 Å². The SMILES string of the molecule is CC(N)C(C)C(=O)N1CCCSCC1.Cl. The van der Waals surface area contributed by atoms with Gasteiger partial charge in [-0.15, -0.1) is 12.4 Å². The maximum absolute atomic E-state index is 11.9. The number of halogens is 1. The lowest BCUT2D eigenvalue weighted by atomic mass is 10.0. The number of nitrogens with two attached hydrogens (primary N) is 1. The van der Waals surface area contributed by atoms with E-state index in [1.54, 1.807) is 0 Å². The lowest BCUT2D eigenvalue weighted by Crippen LogP contribution is -2.42. The monoisotopic (exact) mass is 252 g/mol. The predicted octanol–water partition coefficient (Wildman–Crippen LogP) is 1.36. The van der Waals surface area contributed by atoms with E-state index in [1.165, 1.54) is 5.75 Å². The first-order valence-corrected chi connectivity index (χ1v) is 6.40. The average Bonchev–Trinajstić information content (AvgIpc) is 2.43. The van der Waals surface area contributed by atoms with E-state index in [-0.39, 0.29) is 30.3 Å². The van der Waals surface area contributed by atoms with Crippen LogP contribution in [-0.2, 0) is 4.79 Å². The van der Waals surface area contributed by atoms with E-state index in [0.29, 0.717) is 0 Å². The van der Waals surface area contributed by atoms with Crippen LogP contribution in [0.25, 0.3) is 0 Å². The van der Waals surface area contributed by atoms with Crippen LogP contribution < -0.4 is 5.73 Å². The molecule has 0 aromatic carbocycles. The highest BCUT2D eigenvalue weighted by molar-refractivity contribution is 7.99. The van der Waals surface area contributed by atoms with Crippen LogP contribution in [0.4, 0.5) is 0 Å². The van der Waals surface area contributed by atoms with Crippen molar-refractivity contribution in [3.63, 3.8) is 0 Å². The molecule has 1 saturated heterocycles. The van der Waals surface area contributed by atoms with Crippen LogP contribution in [0.2, 0.25) is 0 Å². The molecule has 0 radical (unpaired) electrons. The predicted molar refractivity (Wildman–Crippen MR) is 68.6 cm³/mol. The molecule has 0 bridgehead atoms. The van der Waals surface area contributed by atoms with Crippen molar-refractivity contribution in [1.29, 1.82) is 0 Å². The molecule has 0 aromatic rings. The summed E-state index contributed by atoms with van der Waals surface area (Å²) in [6.07, 6.45) is 1.11. The van der Waals surface area contributed by atoms with Gasteiger partial charge in [-0.3, -0.25) is 4.79 Å². The number of amides is 1. The summed E-state index contributed by atoms with van der Waals surface area (Å²) >= 11 is 1.93. The molecule has 2 N–H and O–H groups in total. The van der Waals surface area contributed by atoms with Gasteiger partial charge in [0.2, 0.25) is 5.91 Å². The van der Waals surface area contributed by atoms with Crippen molar-refractivity contribution < 1.29 is 4.79 Å². The molecule has 90 valence electrons. The summed E-state index contributed by atoms with van der Waals surface area (Å²) in [7, 11) is 0. The standard InChI is InChI=1S/C10H20N2OS.ClH/c1-8(9(2)11)10(13)12-4-3-6-14-7-5-12;/h8-9H,3-7,11H2,1-2H3;1H. The first-order chi connectivity index (χ1) is 6.63. The quantitative estimate of drug-likeness (QED) is 0.807. The summed E-state index contributed by atoms with van der Waals surface area (Å²) in [5.41, 5.74) is 5.73. The summed E-state index contributed by atoms with van der Waals surface area (Å²) in [6, 6.07) is -0.0431. The molecule has 1 rings (SSSR count). The number of rotatable bonds is 2. The van der Waals surface area contributed by atoms with Crippen molar-refractivity contribution >= 4 is 30.1 Å². The second kappa shape index (κ2) is 7.36. The van der Waals surface area contributed by atoms with Gasteiger partial charge in [0.1, 0.15) is 0 Å². The molecule has 1 amide bonds. The Morgan fingerprint density at radius 1 is 1.33 bits per heavy atom. The molecule has 1 aliphatic heterocycles. The number of carbonyl (C=O) groups is 1. The van der Waals surface area contributed by atoms with Crippen LogP contribution in [0.15, 0.2) is 0 Å². The molecular formula is C10H21ClN2OS. The molecule has 0 saturated carbocycles. The van der Waals surface area contributed by atoms with Crippen LogP contribution in [0.5, 0.6) is 0 Å². The topological polar surface area (TPSA) is 46.3 Å². The number of hydrogen-bond acceptors (Lipinski definition) is 3. The van der Waals surface area contributed by atoms with Gasteiger partial charge in [0.15, 0.2) is 0 Å². The van der Waals surface area contributed by atoms with Crippen LogP contribution >= 0.6 is 24.2 Å². The largest absolute Gasteiger partial charge is 0.342 e. The minimum Gasteiger partial charge on any atom is -0.342 e. The second-order valence-electron chi connectivity index (χ2n) is 3.94. The highest BCUT2D eigenvalue weighted by atomic mass is 35.5. The molecule has 1 fully saturated rings. The van der Waals surface area contributed by atoms with Gasteiger partial charge in [-0.1, -0.05) is 6.92 Å². The summed E-state index contributed by atoms with van der Waals surface area (Å²) in [5, 5.41) is 0. The van der Waals surface area contributed by atoms with Gasteiger partial charge in [0.25, 0.3) is 0 Å². The van der Waals surface area contributed by atoms with Gasteiger partial charge in [-0.05, 0) is 19.1 Å². The Balaban J connectivity index is 0.00000196. The van der Waals surface area contributed by atoms with E-state index in [1.807, 2.05) is 30.5 Å². The Labute approximate surface area is 103 Å². The normalized spacial score (nSPS) is 21.1. The summed E-state index contributed by atoms with van der Waals surface area (Å²) in [5.74, 6) is 2.42. The highest BCUT2D eigenvalue weighted by Crippen LogP contribution is 2.13. The highest BCUT2D eigenvalue weighted by Gasteiger charge is 2.23. The van der Waals surface area contributed by atoms with Gasteiger partial charge in [0.05, 0.1) is 5.92 Å². The van der Waals surface area contributed by atoms with Gasteiger partial charge >= 0.3 is 0 Å². The first-order valence-electron chi connectivity index (χ1n) is 5.25. The Bertz CT molecular complexity index is 194. The van der Waals surface area contributed by atoms with Crippen molar-refractivity contribution in [3.05, 3.63) is 0 Å². The van der Waals surface area contributed by atoms with E-state index in [9.17, 15) is 4.79 Å². The van der Waals surface area contributed by atoms with Gasteiger partial charge in [-0.25, -0.2) is 0 Å². The molecule has 15 heavy (non-hydrogen) atoms. The van der Waals surface area contributed by atoms with Crippen LogP contribution in [0, 0.1) is 5.92 Å². The van der Waals surface area contributed by atoms with E-state index in [0.717, 1.165) is 25.3 Å². The van der Waals surface area contributed by atoms with Gasteiger partial charge in [0, 0.05) is 24.9 Å². The molecular weight excluding hydrogens is 232 g/mol. The van der Waals surface area contributed by atoms with E-state index in [2.05, 4.69) is 0 Å². The molecule has 3 nitrogen and oxygen atoms in total. The summed E-state index contributed by atoms with van der Waals surface area (Å²) < 4.78 is 0. The molecule has 2 atom stereocenters. The van der Waals surface area contributed by atoms with Crippen molar-refractivity contribution in [2.24, 2.45) is 11.7 Å². The smallest absolute Gasteiger partial charge is 0.226 e. The Morgan fingerprint density at radius 2 is 2.00 bits per heavy atom. The fourth-order valence-corrected chi connectivity index (χ4v) is 2.37. The zero-order valence-corrected chi connectivity index (χ0v) is 11.1. The van der Waals surface area contributed by atoms with Gasteiger partial charge < -0.3 is 10.6 Å². The number of nitrogens with zero attached hydrogens (tertiary/aromatic N) is 1. The lowest BCUT2D eigenvalue weighted by Gasteiger charge is -2.25. The molecule has 0 spiro atoms. The summed E-state index contributed by atoms with van der Waals surface area (Å²) in [4.78, 5) is 13.9. The molecule has 0 aliphatic carbocycles. The fraction of sp³-hybridized carbons (Fsp3) is 0.900. The maximum Gasteiger partial charge on any atom is 0.226 e. The van der Waals surface area contributed by atoms with E-state index in [4.69, 9.17) is 5.73 Å². The van der Waals surface area contributed by atoms with E-state index < -0.39 is 0 Å². The molecule has 1 aliphatic rings. The van der Waals surface area contributed by atoms with Crippen molar-refractivity contribution in [2.75, 3.05) is 24.6 Å². The van der Waals surface area contributed by atoms with Crippen molar-refractivity contribution in [1.82, 2.24) is 4.90 Å². The zero-order chi connectivity index (χ0) is 10.6. The van der Waals surface area contributed by atoms with Crippen LogP contribution in [0.1, 0.15) is 20.3 Å². The molecule has 0 aromatic heterocycles. The van der Waals surface area contributed by atoms with Crippen molar-refractivity contribution in [2.45, 2.75) is 26.3 Å². The van der Waals surface area contributed by atoms with Crippen molar-refractivity contribution in [3.8, 4) is 0 Å². The molecule has 1 heterocycles. The fourth-order valence-electron chi connectivity index (χ4n) is 1.48.